The fourth-order valence-electron chi connectivity index (χ4n) is 2.27. The Bertz CT molecular complexity index is 564. The number of rotatable bonds is 5. The van der Waals surface area contributed by atoms with E-state index in [-0.39, 0.29) is 23.8 Å². The van der Waals surface area contributed by atoms with Crippen LogP contribution < -0.4 is 11.1 Å². The van der Waals surface area contributed by atoms with E-state index in [1.165, 1.54) is 0 Å². The fraction of sp³-hybridized carbons (Fsp3) is 0.462. The van der Waals surface area contributed by atoms with Crippen molar-refractivity contribution in [1.29, 1.82) is 0 Å². The normalized spacial score (nSPS) is 24.2. The molecular weight excluding hydrogens is 281 g/mol. The van der Waals surface area contributed by atoms with Gasteiger partial charge in [-0.1, -0.05) is 0 Å². The minimum absolute atomic E-state index is 0.115. The van der Waals surface area contributed by atoms with Crippen LogP contribution in [0.15, 0.2) is 18.2 Å². The van der Waals surface area contributed by atoms with Crippen molar-refractivity contribution < 1.29 is 18.8 Å². The lowest BCUT2D eigenvalue weighted by Gasteiger charge is -2.42. The van der Waals surface area contributed by atoms with Crippen molar-refractivity contribution in [2.45, 2.75) is 31.5 Å². The summed E-state index contributed by atoms with van der Waals surface area (Å²) in [5.74, 6) is -1.45. The third-order valence-corrected chi connectivity index (χ3v) is 3.40. The Labute approximate surface area is 120 Å². The molecule has 3 atom stereocenters. The van der Waals surface area contributed by atoms with Crippen LogP contribution in [0.5, 0.6) is 0 Å². The summed E-state index contributed by atoms with van der Waals surface area (Å²) < 4.78 is 18.7. The van der Waals surface area contributed by atoms with E-state index in [2.05, 4.69) is 5.32 Å². The molecule has 0 heterocycles. The summed E-state index contributed by atoms with van der Waals surface area (Å²) in [6, 6.07) is 2.11. The van der Waals surface area contributed by atoms with Crippen molar-refractivity contribution in [1.82, 2.24) is 5.32 Å². The minimum Gasteiger partial charge on any atom is -0.376 e. The van der Waals surface area contributed by atoms with E-state index in [4.69, 9.17) is 10.5 Å². The zero-order chi connectivity index (χ0) is 15.6. The monoisotopic (exact) mass is 297 g/mol. The van der Waals surface area contributed by atoms with Crippen molar-refractivity contribution in [2.24, 2.45) is 5.73 Å². The van der Waals surface area contributed by atoms with E-state index in [1.807, 2.05) is 6.92 Å². The highest BCUT2D eigenvalue weighted by Crippen LogP contribution is 2.23. The fourth-order valence-corrected chi connectivity index (χ4v) is 2.27. The molecule has 0 saturated heterocycles. The van der Waals surface area contributed by atoms with Crippen molar-refractivity contribution in [2.75, 3.05) is 6.61 Å². The highest BCUT2D eigenvalue weighted by Gasteiger charge is 2.40. The lowest BCUT2D eigenvalue weighted by atomic mass is 9.83. The van der Waals surface area contributed by atoms with Gasteiger partial charge in [0.25, 0.3) is 11.6 Å². The number of hydrogen-bond donors (Lipinski definition) is 2. The molecule has 1 fully saturated rings. The van der Waals surface area contributed by atoms with Gasteiger partial charge in [-0.2, -0.15) is 0 Å². The molecule has 0 radical (unpaired) electrons. The van der Waals surface area contributed by atoms with Crippen LogP contribution in [0.2, 0.25) is 0 Å². The van der Waals surface area contributed by atoms with Crippen molar-refractivity contribution in [3.63, 3.8) is 0 Å². The molecule has 1 aromatic rings. The minimum atomic E-state index is -0.839. The largest absolute Gasteiger partial charge is 0.376 e. The number of ether oxygens (including phenoxy) is 1. The van der Waals surface area contributed by atoms with Crippen LogP contribution in [0.4, 0.5) is 10.1 Å². The van der Waals surface area contributed by atoms with E-state index in [9.17, 15) is 19.3 Å². The summed E-state index contributed by atoms with van der Waals surface area (Å²) in [5.41, 5.74) is 5.21. The molecule has 2 rings (SSSR count). The highest BCUT2D eigenvalue weighted by atomic mass is 19.1. The second-order valence-electron chi connectivity index (χ2n) is 4.85. The number of hydrogen-bond acceptors (Lipinski definition) is 5. The summed E-state index contributed by atoms with van der Waals surface area (Å²) in [7, 11) is 0. The predicted molar refractivity (Wildman–Crippen MR) is 72.3 cm³/mol. The summed E-state index contributed by atoms with van der Waals surface area (Å²) in [4.78, 5) is 22.0. The molecule has 1 aromatic carbocycles. The molecule has 1 saturated carbocycles. The van der Waals surface area contributed by atoms with Gasteiger partial charge in [0.2, 0.25) is 0 Å². The van der Waals surface area contributed by atoms with Gasteiger partial charge in [-0.25, -0.2) is 4.39 Å². The van der Waals surface area contributed by atoms with E-state index in [1.54, 1.807) is 0 Å². The van der Waals surface area contributed by atoms with E-state index < -0.39 is 22.3 Å². The first kappa shape index (κ1) is 15.3. The van der Waals surface area contributed by atoms with Gasteiger partial charge in [-0.15, -0.1) is 0 Å². The number of halogens is 1. The maximum Gasteiger partial charge on any atom is 0.273 e. The maximum absolute atomic E-state index is 13.3. The van der Waals surface area contributed by atoms with Crippen LogP contribution in [-0.2, 0) is 4.74 Å². The molecule has 114 valence electrons. The van der Waals surface area contributed by atoms with Gasteiger partial charge in [0.05, 0.1) is 23.1 Å². The van der Waals surface area contributed by atoms with Gasteiger partial charge >= 0.3 is 0 Å². The average Bonchev–Trinajstić information content (AvgIpc) is 2.43. The van der Waals surface area contributed by atoms with Gasteiger partial charge in [-0.3, -0.25) is 14.9 Å². The molecule has 0 bridgehead atoms. The number of nitro benzene ring substituents is 1. The maximum atomic E-state index is 13.3. The third-order valence-electron chi connectivity index (χ3n) is 3.40. The number of non-ortho nitro benzene ring substituents is 1. The quantitative estimate of drug-likeness (QED) is 0.622. The van der Waals surface area contributed by atoms with Crippen LogP contribution in [0, 0.1) is 15.9 Å². The van der Waals surface area contributed by atoms with Crippen LogP contribution >= 0.6 is 0 Å². The van der Waals surface area contributed by atoms with Crippen LogP contribution in [0.1, 0.15) is 23.7 Å². The number of nitrogens with one attached hydrogen (secondary N) is 1. The standard InChI is InChI=1S/C13H16FN3O4/c1-2-21-11-6-10(15)12(11)16-13(18)7-3-8(14)5-9(4-7)17(19)20/h3-5,10-12H,2,6,15H2,1H3,(H,16,18). The first-order valence-corrected chi connectivity index (χ1v) is 6.55. The Hall–Kier alpha value is -2.06. The molecule has 0 aromatic heterocycles. The smallest absolute Gasteiger partial charge is 0.273 e. The molecule has 7 nitrogen and oxygen atoms in total. The Morgan fingerprint density at radius 1 is 1.57 bits per heavy atom. The molecular formula is C13H16FN3O4. The average molecular weight is 297 g/mol. The first-order chi connectivity index (χ1) is 9.92. The summed E-state index contributed by atoms with van der Waals surface area (Å²) in [6.07, 6.45) is 0.444. The SMILES string of the molecule is CCOC1CC(N)C1NC(=O)c1cc(F)cc([N+](=O)[O-])c1. The Morgan fingerprint density at radius 2 is 2.29 bits per heavy atom. The molecule has 3 unspecified atom stereocenters. The lowest BCUT2D eigenvalue weighted by molar-refractivity contribution is -0.385. The van der Waals surface area contributed by atoms with E-state index in [0.717, 1.165) is 18.2 Å². The number of carbonyl (C=O) groups is 1. The number of carbonyl (C=O) groups excluding carboxylic acids is 1. The molecule has 8 heteroatoms. The number of nitro groups is 1. The second kappa shape index (κ2) is 6.15. The topological polar surface area (TPSA) is 107 Å². The molecule has 1 amide bonds. The van der Waals surface area contributed by atoms with Gasteiger partial charge in [0.15, 0.2) is 0 Å². The number of nitrogens with zero attached hydrogens (tertiary/aromatic N) is 1. The molecule has 0 aliphatic heterocycles. The molecule has 21 heavy (non-hydrogen) atoms. The third kappa shape index (κ3) is 3.34. The van der Waals surface area contributed by atoms with Gasteiger partial charge in [0.1, 0.15) is 5.82 Å². The van der Waals surface area contributed by atoms with Crippen molar-refractivity contribution in [3.05, 3.63) is 39.7 Å². The summed E-state index contributed by atoms with van der Waals surface area (Å²) >= 11 is 0. The zero-order valence-corrected chi connectivity index (χ0v) is 11.4. The van der Waals surface area contributed by atoms with E-state index >= 15 is 0 Å². The number of benzene rings is 1. The van der Waals surface area contributed by atoms with Crippen LogP contribution in [0.25, 0.3) is 0 Å². The summed E-state index contributed by atoms with van der Waals surface area (Å²) in [6.45, 7) is 2.33. The highest BCUT2D eigenvalue weighted by molar-refractivity contribution is 5.95. The number of nitrogens with two attached hydrogens (primary N) is 1. The van der Waals surface area contributed by atoms with Gasteiger partial charge in [-0.05, 0) is 19.4 Å². The molecule has 1 aliphatic rings. The zero-order valence-electron chi connectivity index (χ0n) is 11.4. The lowest BCUT2D eigenvalue weighted by Crippen LogP contribution is -2.64. The molecule has 1 aliphatic carbocycles. The van der Waals surface area contributed by atoms with Gasteiger partial charge in [0, 0.05) is 24.3 Å². The van der Waals surface area contributed by atoms with Crippen molar-refractivity contribution >= 4 is 11.6 Å². The first-order valence-electron chi connectivity index (χ1n) is 6.55. The van der Waals surface area contributed by atoms with E-state index in [0.29, 0.717) is 13.0 Å². The van der Waals surface area contributed by atoms with Crippen LogP contribution in [-0.4, -0.2) is 35.6 Å². The molecule has 3 N–H and O–H groups in total. The Kier molecular flexibility index (Phi) is 4.49. The van der Waals surface area contributed by atoms with Crippen LogP contribution in [0.3, 0.4) is 0 Å². The number of amides is 1. The van der Waals surface area contributed by atoms with Crippen molar-refractivity contribution in [3.8, 4) is 0 Å². The second-order valence-corrected chi connectivity index (χ2v) is 4.85. The predicted octanol–water partition coefficient (Wildman–Crippen LogP) is 0.968. The van der Waals surface area contributed by atoms with Gasteiger partial charge < -0.3 is 15.8 Å². The summed E-state index contributed by atoms with van der Waals surface area (Å²) in [5, 5.41) is 13.3. The Balaban J connectivity index is 2.11. The molecule has 0 spiro atoms. The Morgan fingerprint density at radius 3 is 2.86 bits per heavy atom.